The molecule has 2 amide bonds. The number of furan rings is 1. The SMILES string of the molecule is CN(Cc1ccc(-c2ccc(Cl)cc2)o1)C(=O)C1CC(NC(=O)c2cncc(-n3cc(Cn4c(-c5ccccc5)cc5ccccc54)nn3)c2)C1. The van der Waals surface area contributed by atoms with Gasteiger partial charge in [0.15, 0.2) is 0 Å². The summed E-state index contributed by atoms with van der Waals surface area (Å²) in [5.74, 6) is 1.04. The topological polar surface area (TPSA) is 111 Å². The van der Waals surface area contributed by atoms with Crippen LogP contribution in [0, 0.1) is 5.92 Å². The maximum absolute atomic E-state index is 13.2. The molecule has 51 heavy (non-hydrogen) atoms. The molecule has 7 aromatic rings. The van der Waals surface area contributed by atoms with Gasteiger partial charge in [0, 0.05) is 52.4 Å². The van der Waals surface area contributed by atoms with Crippen LogP contribution in [0.2, 0.25) is 5.02 Å². The van der Waals surface area contributed by atoms with E-state index in [2.05, 4.69) is 55.5 Å². The van der Waals surface area contributed by atoms with Gasteiger partial charge in [-0.15, -0.1) is 5.10 Å². The molecule has 0 aliphatic heterocycles. The molecule has 4 aromatic heterocycles. The zero-order chi connectivity index (χ0) is 34.9. The zero-order valence-electron chi connectivity index (χ0n) is 27.8. The number of carbonyl (C=O) groups is 2. The highest BCUT2D eigenvalue weighted by Gasteiger charge is 2.37. The van der Waals surface area contributed by atoms with Crippen LogP contribution in [0.1, 0.15) is 34.7 Å². The molecule has 0 saturated heterocycles. The Kier molecular flexibility index (Phi) is 8.67. The van der Waals surface area contributed by atoms with Crippen molar-refractivity contribution in [3.05, 3.63) is 144 Å². The van der Waals surface area contributed by atoms with Gasteiger partial charge in [0.1, 0.15) is 17.2 Å². The Balaban J connectivity index is 0.876. The van der Waals surface area contributed by atoms with Crippen LogP contribution in [0.4, 0.5) is 0 Å². The van der Waals surface area contributed by atoms with Gasteiger partial charge in [-0.05, 0) is 73.0 Å². The number of benzene rings is 3. The second-order valence-electron chi connectivity index (χ2n) is 12.9. The zero-order valence-corrected chi connectivity index (χ0v) is 28.6. The number of nitrogens with zero attached hydrogens (tertiary/aromatic N) is 6. The normalized spacial score (nSPS) is 15.4. The lowest BCUT2D eigenvalue weighted by molar-refractivity contribution is -0.138. The van der Waals surface area contributed by atoms with Crippen molar-refractivity contribution in [2.45, 2.75) is 32.0 Å². The lowest BCUT2D eigenvalue weighted by Gasteiger charge is -2.36. The Hall–Kier alpha value is -6.00. The largest absolute Gasteiger partial charge is 0.459 e. The van der Waals surface area contributed by atoms with Crippen molar-refractivity contribution < 1.29 is 14.0 Å². The summed E-state index contributed by atoms with van der Waals surface area (Å²) < 4.78 is 9.85. The standard InChI is InChI=1S/C40H34ClN7O3/c1-46(25-35-15-16-38(51-35)27-11-13-31(41)14-12-27)40(50)29-17-32(18-29)43-39(49)30-19-34(22-42-21-30)48-24-33(44-45-48)23-47-36-10-6-5-9-28(36)20-37(47)26-7-3-2-4-8-26/h2-16,19-22,24,29,32H,17-18,23,25H2,1H3,(H,43,49). The number of carbonyl (C=O) groups excluding carboxylic acids is 2. The molecular formula is C40H34ClN7O3. The van der Waals surface area contributed by atoms with Crippen molar-refractivity contribution in [1.29, 1.82) is 0 Å². The third kappa shape index (κ3) is 6.78. The van der Waals surface area contributed by atoms with Crippen molar-refractivity contribution in [2.24, 2.45) is 5.92 Å². The van der Waals surface area contributed by atoms with Gasteiger partial charge in [-0.1, -0.05) is 65.3 Å². The molecule has 0 radical (unpaired) electrons. The number of halogens is 1. The van der Waals surface area contributed by atoms with Gasteiger partial charge in [0.2, 0.25) is 5.91 Å². The Morgan fingerprint density at radius 1 is 0.922 bits per heavy atom. The smallest absolute Gasteiger partial charge is 0.253 e. The van der Waals surface area contributed by atoms with Crippen molar-refractivity contribution in [1.82, 2.24) is 34.8 Å². The first-order chi connectivity index (χ1) is 24.9. The molecule has 0 atom stereocenters. The molecule has 0 spiro atoms. The fourth-order valence-corrected chi connectivity index (χ4v) is 6.75. The van der Waals surface area contributed by atoms with Gasteiger partial charge in [0.25, 0.3) is 5.91 Å². The van der Waals surface area contributed by atoms with E-state index in [0.717, 1.165) is 39.2 Å². The molecule has 254 valence electrons. The lowest BCUT2D eigenvalue weighted by atomic mass is 9.79. The maximum Gasteiger partial charge on any atom is 0.253 e. The molecule has 0 unspecified atom stereocenters. The molecule has 8 rings (SSSR count). The van der Waals surface area contributed by atoms with Crippen LogP contribution in [0.3, 0.4) is 0 Å². The fourth-order valence-electron chi connectivity index (χ4n) is 6.63. The maximum atomic E-state index is 13.2. The first-order valence-electron chi connectivity index (χ1n) is 16.8. The van der Waals surface area contributed by atoms with Crippen LogP contribution >= 0.6 is 11.6 Å². The second-order valence-corrected chi connectivity index (χ2v) is 13.4. The van der Waals surface area contributed by atoms with E-state index in [9.17, 15) is 9.59 Å². The van der Waals surface area contributed by atoms with Gasteiger partial charge >= 0.3 is 0 Å². The number of pyridine rings is 1. The highest BCUT2D eigenvalue weighted by atomic mass is 35.5. The second kappa shape index (κ2) is 13.7. The monoisotopic (exact) mass is 695 g/mol. The van der Waals surface area contributed by atoms with Crippen LogP contribution in [0.5, 0.6) is 0 Å². The number of nitrogens with one attached hydrogen (secondary N) is 1. The van der Waals surface area contributed by atoms with Crippen LogP contribution in [0.15, 0.2) is 126 Å². The molecule has 3 aromatic carbocycles. The Morgan fingerprint density at radius 3 is 2.53 bits per heavy atom. The summed E-state index contributed by atoms with van der Waals surface area (Å²) in [5, 5.41) is 13.7. The van der Waals surface area contributed by atoms with Crippen molar-refractivity contribution in [3.8, 4) is 28.3 Å². The number of aromatic nitrogens is 5. The fraction of sp³-hybridized carbons (Fsp3) is 0.175. The van der Waals surface area contributed by atoms with Gasteiger partial charge < -0.3 is 19.2 Å². The molecule has 4 heterocycles. The van der Waals surface area contributed by atoms with Gasteiger partial charge in [-0.2, -0.15) is 0 Å². The first-order valence-corrected chi connectivity index (χ1v) is 17.2. The molecule has 11 heteroatoms. The highest BCUT2D eigenvalue weighted by molar-refractivity contribution is 6.30. The minimum absolute atomic E-state index is 0.0272. The van der Waals surface area contributed by atoms with E-state index in [-0.39, 0.29) is 23.8 Å². The molecule has 1 fully saturated rings. The molecule has 1 saturated carbocycles. The number of para-hydroxylation sites is 1. The van der Waals surface area contributed by atoms with Crippen LogP contribution < -0.4 is 5.32 Å². The minimum Gasteiger partial charge on any atom is -0.459 e. The number of fused-ring (bicyclic) bond motifs is 1. The molecule has 1 aliphatic carbocycles. The van der Waals surface area contributed by atoms with E-state index in [4.69, 9.17) is 16.0 Å². The molecular weight excluding hydrogens is 662 g/mol. The quantitative estimate of drug-likeness (QED) is 0.160. The van der Waals surface area contributed by atoms with Crippen molar-refractivity contribution in [2.75, 3.05) is 7.05 Å². The van der Waals surface area contributed by atoms with Crippen LogP contribution in [-0.2, 0) is 17.9 Å². The number of hydrogen-bond acceptors (Lipinski definition) is 6. The lowest BCUT2D eigenvalue weighted by Crippen LogP contribution is -2.49. The Morgan fingerprint density at radius 2 is 1.71 bits per heavy atom. The number of amides is 2. The minimum atomic E-state index is -0.245. The molecule has 1 aliphatic rings. The van der Waals surface area contributed by atoms with Crippen molar-refractivity contribution >= 4 is 34.3 Å². The summed E-state index contributed by atoms with van der Waals surface area (Å²) in [6.07, 6.45) is 6.19. The summed E-state index contributed by atoms with van der Waals surface area (Å²) in [7, 11) is 1.77. The van der Waals surface area contributed by atoms with E-state index in [0.29, 0.717) is 48.0 Å². The van der Waals surface area contributed by atoms with Crippen molar-refractivity contribution in [3.63, 3.8) is 0 Å². The molecule has 1 N–H and O–H groups in total. The average Bonchev–Trinajstić information content (AvgIpc) is 3.90. The summed E-state index contributed by atoms with van der Waals surface area (Å²) in [6, 6.07) is 33.6. The van der Waals surface area contributed by atoms with Gasteiger partial charge in [0.05, 0.1) is 36.7 Å². The average molecular weight is 696 g/mol. The van der Waals surface area contributed by atoms with E-state index < -0.39 is 0 Å². The van der Waals surface area contributed by atoms with Crippen LogP contribution in [-0.4, -0.2) is 54.3 Å². The summed E-state index contributed by atoms with van der Waals surface area (Å²) >= 11 is 6.00. The summed E-state index contributed by atoms with van der Waals surface area (Å²) in [5.41, 5.74) is 6.06. The van der Waals surface area contributed by atoms with E-state index in [1.54, 1.807) is 28.9 Å². The van der Waals surface area contributed by atoms with E-state index in [1.165, 1.54) is 6.20 Å². The van der Waals surface area contributed by atoms with Crippen LogP contribution in [0.25, 0.3) is 39.2 Å². The first kappa shape index (κ1) is 32.2. The summed E-state index contributed by atoms with van der Waals surface area (Å²) in [4.78, 5) is 32.3. The molecule has 0 bridgehead atoms. The third-order valence-electron chi connectivity index (χ3n) is 9.37. The van der Waals surface area contributed by atoms with Gasteiger partial charge in [-0.25, -0.2) is 4.68 Å². The highest BCUT2D eigenvalue weighted by Crippen LogP contribution is 2.31. The van der Waals surface area contributed by atoms with E-state index in [1.807, 2.05) is 72.9 Å². The third-order valence-corrected chi connectivity index (χ3v) is 9.63. The van der Waals surface area contributed by atoms with Gasteiger partial charge in [-0.3, -0.25) is 14.6 Å². The molecule has 10 nitrogen and oxygen atoms in total. The predicted octanol–water partition coefficient (Wildman–Crippen LogP) is 7.41. The predicted molar refractivity (Wildman–Crippen MR) is 195 cm³/mol. The Labute approximate surface area is 299 Å². The Bertz CT molecular complexity index is 2340. The van der Waals surface area contributed by atoms with E-state index >= 15 is 0 Å². The number of hydrogen-bond donors (Lipinski definition) is 1. The number of rotatable bonds is 10. The summed E-state index contributed by atoms with van der Waals surface area (Å²) in [6.45, 7) is 0.882.